The van der Waals surface area contributed by atoms with Crippen LogP contribution in [0.1, 0.15) is 0 Å². The summed E-state index contributed by atoms with van der Waals surface area (Å²) in [6, 6.07) is 7.79. The molecular weight excluding hydrogens is 302 g/mol. The van der Waals surface area contributed by atoms with E-state index in [-0.39, 0.29) is 28.1 Å². The van der Waals surface area contributed by atoms with Gasteiger partial charge in [0.2, 0.25) is 5.82 Å². The van der Waals surface area contributed by atoms with Crippen molar-refractivity contribution in [3.05, 3.63) is 53.1 Å². The fourth-order valence-electron chi connectivity index (χ4n) is 1.75. The van der Waals surface area contributed by atoms with Crippen molar-refractivity contribution in [1.29, 1.82) is 0 Å². The first kappa shape index (κ1) is 13.5. The van der Waals surface area contributed by atoms with Crippen molar-refractivity contribution in [2.45, 2.75) is 0 Å². The van der Waals surface area contributed by atoms with Crippen molar-refractivity contribution >= 4 is 11.6 Å². The molecule has 0 spiro atoms. The summed E-state index contributed by atoms with van der Waals surface area (Å²) in [5.74, 6) is -1.42. The van der Waals surface area contributed by atoms with Crippen molar-refractivity contribution in [2.24, 2.45) is 0 Å². The van der Waals surface area contributed by atoms with Gasteiger partial charge in [-0.25, -0.2) is 8.78 Å². The minimum Gasteiger partial charge on any atom is -0.508 e. The summed E-state index contributed by atoms with van der Waals surface area (Å²) in [5.41, 5.74) is 0.395. The van der Waals surface area contributed by atoms with Crippen LogP contribution in [0.2, 0.25) is 5.02 Å². The second kappa shape index (κ2) is 5.14. The van der Waals surface area contributed by atoms with Crippen LogP contribution in [0.25, 0.3) is 22.8 Å². The third kappa shape index (κ3) is 2.57. The Morgan fingerprint density at radius 2 is 1.76 bits per heavy atom. The van der Waals surface area contributed by atoms with E-state index >= 15 is 0 Å². The van der Waals surface area contributed by atoms with E-state index < -0.39 is 11.6 Å². The van der Waals surface area contributed by atoms with Gasteiger partial charge in [0, 0.05) is 5.56 Å². The van der Waals surface area contributed by atoms with Crippen molar-refractivity contribution in [3.8, 4) is 28.6 Å². The molecule has 0 aliphatic carbocycles. The average molecular weight is 309 g/mol. The van der Waals surface area contributed by atoms with E-state index in [1.165, 1.54) is 12.1 Å². The predicted molar refractivity (Wildman–Crippen MR) is 71.8 cm³/mol. The van der Waals surface area contributed by atoms with Crippen molar-refractivity contribution in [2.75, 3.05) is 0 Å². The van der Waals surface area contributed by atoms with Crippen LogP contribution < -0.4 is 0 Å². The van der Waals surface area contributed by atoms with Crippen molar-refractivity contribution in [3.63, 3.8) is 0 Å². The molecule has 0 unspecified atom stereocenters. The summed E-state index contributed by atoms with van der Waals surface area (Å²) in [4.78, 5) is 4.00. The lowest BCUT2D eigenvalue weighted by Crippen LogP contribution is -1.88. The summed E-state index contributed by atoms with van der Waals surface area (Å²) in [6.07, 6.45) is 0. The maximum absolute atomic E-state index is 13.8. The van der Waals surface area contributed by atoms with Crippen LogP contribution in [0.5, 0.6) is 5.75 Å². The molecule has 3 rings (SSSR count). The van der Waals surface area contributed by atoms with E-state index in [0.29, 0.717) is 5.56 Å². The van der Waals surface area contributed by atoms with Gasteiger partial charge >= 0.3 is 0 Å². The highest BCUT2D eigenvalue weighted by Gasteiger charge is 2.17. The Morgan fingerprint density at radius 1 is 1.05 bits per heavy atom. The van der Waals surface area contributed by atoms with Crippen LogP contribution in [0.15, 0.2) is 40.9 Å². The van der Waals surface area contributed by atoms with Crippen molar-refractivity contribution < 1.29 is 18.4 Å². The molecule has 0 amide bonds. The SMILES string of the molecule is Oc1ccc(-c2noc(-c3cc(F)c(Cl)cc3F)n2)cc1. The number of benzene rings is 2. The van der Waals surface area contributed by atoms with E-state index in [9.17, 15) is 13.9 Å². The van der Waals surface area contributed by atoms with Gasteiger partial charge in [0.1, 0.15) is 17.4 Å². The van der Waals surface area contributed by atoms with Crippen LogP contribution >= 0.6 is 11.6 Å². The standard InChI is InChI=1S/C14H7ClF2N2O2/c15-10-6-11(16)9(5-12(10)17)14-18-13(19-21-14)7-1-3-8(20)4-2-7/h1-6,20H. The Hall–Kier alpha value is -2.47. The second-order valence-electron chi connectivity index (χ2n) is 4.22. The number of rotatable bonds is 2. The van der Waals surface area contributed by atoms with Gasteiger partial charge in [0.15, 0.2) is 0 Å². The Kier molecular flexibility index (Phi) is 3.31. The minimum atomic E-state index is -0.780. The largest absolute Gasteiger partial charge is 0.508 e. The summed E-state index contributed by atoms with van der Waals surface area (Å²) in [7, 11) is 0. The molecular formula is C14H7ClF2N2O2. The highest BCUT2D eigenvalue weighted by molar-refractivity contribution is 6.30. The third-order valence-corrected chi connectivity index (χ3v) is 3.08. The van der Waals surface area contributed by atoms with Gasteiger partial charge in [-0.2, -0.15) is 4.98 Å². The summed E-state index contributed by atoms with van der Waals surface area (Å²) >= 11 is 5.48. The van der Waals surface area contributed by atoms with E-state index in [0.717, 1.165) is 12.1 Å². The summed E-state index contributed by atoms with van der Waals surface area (Å²) < 4.78 is 32.1. The summed E-state index contributed by atoms with van der Waals surface area (Å²) in [5, 5.41) is 12.6. The second-order valence-corrected chi connectivity index (χ2v) is 4.62. The predicted octanol–water partition coefficient (Wildman–Crippen LogP) is 4.04. The molecule has 4 nitrogen and oxygen atoms in total. The maximum atomic E-state index is 13.8. The molecule has 0 radical (unpaired) electrons. The molecule has 3 aromatic rings. The van der Waals surface area contributed by atoms with E-state index in [4.69, 9.17) is 16.1 Å². The molecule has 21 heavy (non-hydrogen) atoms. The molecule has 0 aliphatic heterocycles. The topological polar surface area (TPSA) is 59.2 Å². The van der Waals surface area contributed by atoms with Crippen LogP contribution in [0, 0.1) is 11.6 Å². The number of nitrogens with zero attached hydrogens (tertiary/aromatic N) is 2. The van der Waals surface area contributed by atoms with E-state index in [1.54, 1.807) is 12.1 Å². The van der Waals surface area contributed by atoms with Gasteiger partial charge in [-0.1, -0.05) is 16.8 Å². The lowest BCUT2D eigenvalue weighted by atomic mass is 10.2. The smallest absolute Gasteiger partial charge is 0.261 e. The van der Waals surface area contributed by atoms with Gasteiger partial charge in [0.05, 0.1) is 10.6 Å². The quantitative estimate of drug-likeness (QED) is 0.726. The number of phenolic OH excluding ortho intramolecular Hbond substituents is 1. The first-order chi connectivity index (χ1) is 10.0. The number of aromatic nitrogens is 2. The molecule has 106 valence electrons. The molecule has 0 bridgehead atoms. The van der Waals surface area contributed by atoms with E-state index in [2.05, 4.69) is 10.1 Å². The fourth-order valence-corrected chi connectivity index (χ4v) is 1.90. The van der Waals surface area contributed by atoms with Gasteiger partial charge in [-0.3, -0.25) is 0 Å². The zero-order valence-electron chi connectivity index (χ0n) is 10.3. The number of aromatic hydroxyl groups is 1. The number of phenols is 1. The van der Waals surface area contributed by atoms with Gasteiger partial charge in [0.25, 0.3) is 5.89 Å². The zero-order chi connectivity index (χ0) is 15.0. The number of hydrogen-bond acceptors (Lipinski definition) is 4. The zero-order valence-corrected chi connectivity index (χ0v) is 11.1. The monoisotopic (exact) mass is 308 g/mol. The van der Waals surface area contributed by atoms with Crippen molar-refractivity contribution in [1.82, 2.24) is 10.1 Å². The fraction of sp³-hybridized carbons (Fsp3) is 0. The molecule has 7 heteroatoms. The van der Waals surface area contributed by atoms with Crippen LogP contribution in [0.4, 0.5) is 8.78 Å². The molecule has 1 N–H and O–H groups in total. The van der Waals surface area contributed by atoms with E-state index in [1.807, 2.05) is 0 Å². The van der Waals surface area contributed by atoms with Gasteiger partial charge in [-0.15, -0.1) is 0 Å². The summed E-state index contributed by atoms with van der Waals surface area (Å²) in [6.45, 7) is 0. The van der Waals surface area contributed by atoms with Crippen LogP contribution in [0.3, 0.4) is 0 Å². The molecule has 0 aliphatic rings. The Labute approximate surface area is 122 Å². The van der Waals surface area contributed by atoms with Gasteiger partial charge in [-0.05, 0) is 36.4 Å². The number of hydrogen-bond donors (Lipinski definition) is 1. The Bertz CT molecular complexity index is 803. The number of halogens is 3. The maximum Gasteiger partial charge on any atom is 0.261 e. The third-order valence-electron chi connectivity index (χ3n) is 2.79. The lowest BCUT2D eigenvalue weighted by Gasteiger charge is -1.99. The highest BCUT2D eigenvalue weighted by atomic mass is 35.5. The molecule has 0 saturated carbocycles. The normalized spacial score (nSPS) is 10.8. The molecule has 1 aromatic heterocycles. The highest BCUT2D eigenvalue weighted by Crippen LogP contribution is 2.28. The first-order valence-corrected chi connectivity index (χ1v) is 6.20. The first-order valence-electron chi connectivity index (χ1n) is 5.82. The molecule has 0 fully saturated rings. The molecule has 0 atom stereocenters. The molecule has 2 aromatic carbocycles. The lowest BCUT2D eigenvalue weighted by molar-refractivity contribution is 0.429. The minimum absolute atomic E-state index is 0.0910. The van der Waals surface area contributed by atoms with Crippen LogP contribution in [-0.2, 0) is 0 Å². The molecule has 0 saturated heterocycles. The average Bonchev–Trinajstić information content (AvgIpc) is 2.93. The molecule has 1 heterocycles. The van der Waals surface area contributed by atoms with Gasteiger partial charge < -0.3 is 9.63 Å². The Morgan fingerprint density at radius 3 is 2.48 bits per heavy atom. The van der Waals surface area contributed by atoms with Crippen LogP contribution in [-0.4, -0.2) is 15.2 Å². The Balaban J connectivity index is 2.02.